The zero-order valence-corrected chi connectivity index (χ0v) is 72.9. The molecule has 0 unspecified atom stereocenters. The lowest BCUT2D eigenvalue weighted by Gasteiger charge is -2.23. The Morgan fingerprint density at radius 1 is 0.190 bits per heavy atom. The standard InChI is InChI=1S/2C60H42N2S/c1-59(2)48-17-9-5-13-39(48)40-26-23-37(33-49(40)59)61-52-19-11-7-15-43(52)47-31-35(22-29-53(47)61)36-21-25-44-42-14-6-10-18-51(42)62(54(44)32-36)38-24-27-41-45-28-30-56-57(46-16-8-12-20-55(46)63-56)58(45)60(3,4)50(41)34-38;1-59(2)48-17-9-5-13-39(48)40-27-23-37(33-50(40)59)61-52-18-10-6-14-41(52)43-25-21-35(31-54(43)61)36-22-26-44-42-15-7-11-19-53(42)62(55(44)32-36)38-24-28-47-51(34-38)60(3,4)49-30-29-46-45-16-8-12-20-56(45)63-58(46)57(47)49/h2*5-34H,1-4H3. The summed E-state index contributed by atoms with van der Waals surface area (Å²) in [5.41, 5.74) is 41.0. The topological polar surface area (TPSA) is 19.7 Å². The molecule has 4 aliphatic carbocycles. The number of rotatable bonds is 6. The van der Waals surface area contributed by atoms with Gasteiger partial charge in [-0.25, -0.2) is 0 Å². The lowest BCUT2D eigenvalue weighted by atomic mass is 9.80. The van der Waals surface area contributed by atoms with Crippen molar-refractivity contribution in [3.8, 4) is 89.5 Å². The van der Waals surface area contributed by atoms with Gasteiger partial charge in [0, 0.05) is 133 Å². The Hall–Kier alpha value is -14.4. The van der Waals surface area contributed by atoms with Crippen LogP contribution in [0.1, 0.15) is 99.9 Å². The second-order valence-electron chi connectivity index (χ2n) is 37.8. The Balaban J connectivity index is 0.000000131. The summed E-state index contributed by atoms with van der Waals surface area (Å²) in [5, 5.41) is 15.6. The molecule has 0 fully saturated rings. The molecule has 0 saturated heterocycles. The van der Waals surface area contributed by atoms with Crippen LogP contribution in [0.2, 0.25) is 0 Å². The summed E-state index contributed by atoms with van der Waals surface area (Å²) >= 11 is 3.84. The van der Waals surface area contributed by atoms with E-state index in [9.17, 15) is 0 Å². The molecule has 0 bridgehead atoms. The molecule has 6 aromatic heterocycles. The van der Waals surface area contributed by atoms with Crippen LogP contribution in [0.5, 0.6) is 0 Å². The molecular formula is C120H84N4S2. The van der Waals surface area contributed by atoms with Gasteiger partial charge in [0.05, 0.1) is 44.1 Å². The van der Waals surface area contributed by atoms with Gasteiger partial charge in [-0.2, -0.15) is 0 Å². The first kappa shape index (κ1) is 72.1. The molecule has 0 radical (unpaired) electrons. The van der Waals surface area contributed by atoms with Crippen LogP contribution in [-0.4, -0.2) is 18.3 Å². The molecule has 6 heterocycles. The number of para-hydroxylation sites is 4. The van der Waals surface area contributed by atoms with E-state index in [1.807, 2.05) is 22.7 Å². The molecule has 6 heteroatoms. The van der Waals surface area contributed by atoms with Gasteiger partial charge in [0.2, 0.25) is 0 Å². The van der Waals surface area contributed by atoms with Crippen LogP contribution < -0.4 is 0 Å². The third-order valence-electron chi connectivity index (χ3n) is 29.8. The van der Waals surface area contributed by atoms with Crippen LogP contribution >= 0.6 is 22.7 Å². The summed E-state index contributed by atoms with van der Waals surface area (Å²) in [5.74, 6) is 0. The third kappa shape index (κ3) is 9.78. The van der Waals surface area contributed by atoms with E-state index in [0.717, 1.165) is 0 Å². The van der Waals surface area contributed by atoms with Crippen LogP contribution in [0.3, 0.4) is 0 Å². The molecular weight excluding hydrogens is 1560 g/mol. The lowest BCUT2D eigenvalue weighted by molar-refractivity contribution is 0.660. The van der Waals surface area contributed by atoms with Crippen molar-refractivity contribution >= 4 is 150 Å². The van der Waals surface area contributed by atoms with E-state index in [2.05, 4.69) is 438 Å². The van der Waals surface area contributed by atoms with E-state index in [1.165, 1.54) is 262 Å². The van der Waals surface area contributed by atoms with Crippen molar-refractivity contribution in [2.75, 3.05) is 0 Å². The van der Waals surface area contributed by atoms with Gasteiger partial charge in [-0.1, -0.05) is 298 Å². The number of fused-ring (bicyclic) bond motifs is 32. The van der Waals surface area contributed by atoms with Crippen LogP contribution in [-0.2, 0) is 21.7 Å². The molecule has 0 atom stereocenters. The molecule has 0 aliphatic heterocycles. The van der Waals surface area contributed by atoms with Crippen molar-refractivity contribution < 1.29 is 0 Å². The smallest absolute Gasteiger partial charge is 0.0547 e. The Labute approximate surface area is 738 Å². The predicted molar refractivity (Wildman–Crippen MR) is 537 cm³/mol. The van der Waals surface area contributed by atoms with E-state index in [-0.39, 0.29) is 21.7 Å². The minimum Gasteiger partial charge on any atom is -0.309 e. The first-order chi connectivity index (χ1) is 61.5. The summed E-state index contributed by atoms with van der Waals surface area (Å²) in [6.45, 7) is 19.1. The van der Waals surface area contributed by atoms with Gasteiger partial charge in [-0.15, -0.1) is 22.7 Å². The van der Waals surface area contributed by atoms with Crippen LogP contribution in [0.15, 0.2) is 364 Å². The van der Waals surface area contributed by atoms with Gasteiger partial charge in [-0.3, -0.25) is 0 Å². The van der Waals surface area contributed by atoms with Gasteiger partial charge >= 0.3 is 0 Å². The summed E-state index contributed by atoms with van der Waals surface area (Å²) in [4.78, 5) is 0. The molecule has 126 heavy (non-hydrogen) atoms. The van der Waals surface area contributed by atoms with Gasteiger partial charge in [0.15, 0.2) is 0 Å². The molecule has 0 spiro atoms. The van der Waals surface area contributed by atoms with Crippen molar-refractivity contribution in [2.45, 2.75) is 77.0 Å². The first-order valence-corrected chi connectivity index (χ1v) is 46.0. The SMILES string of the molecule is CC1(C)c2ccccc2-c2ccc(-n3c4ccccc4c4cc(-c5ccc6c7ccccc7n(-c7ccc8c(c7)C(C)(C)c7c-8ccc8sc9ccccc9c78)c6c5)ccc43)cc21.CC1(C)c2ccccc2-c2ccc(-n3c4ccccc4c4ccc(-c5ccc6c7ccccc7n(-c7ccc8c(c7)C(C)(C)c7ccc9c(sc%10ccccc%109)c7-8)c6c5)cc43)cc21. The minimum atomic E-state index is -0.163. The summed E-state index contributed by atoms with van der Waals surface area (Å²) in [6, 6.07) is 138. The van der Waals surface area contributed by atoms with E-state index in [1.54, 1.807) is 0 Å². The average molecular weight is 1650 g/mol. The van der Waals surface area contributed by atoms with Crippen molar-refractivity contribution in [3.63, 3.8) is 0 Å². The van der Waals surface area contributed by atoms with Gasteiger partial charge in [0.25, 0.3) is 0 Å². The predicted octanol–water partition coefficient (Wildman–Crippen LogP) is 33.1. The molecule has 28 rings (SSSR count). The molecule has 4 nitrogen and oxygen atoms in total. The highest BCUT2D eigenvalue weighted by Gasteiger charge is 2.42. The molecule has 24 aromatic rings. The number of nitrogens with zero attached hydrogens (tertiary/aromatic N) is 4. The Kier molecular flexibility index (Phi) is 14.7. The molecule has 0 saturated carbocycles. The average Bonchev–Trinajstić information content (AvgIpc) is 1.55. The van der Waals surface area contributed by atoms with Crippen molar-refractivity contribution in [3.05, 3.63) is 408 Å². The number of thiophene rings is 2. The second-order valence-corrected chi connectivity index (χ2v) is 39.9. The maximum atomic E-state index is 2.50. The van der Waals surface area contributed by atoms with Gasteiger partial charge in [-0.05, 0) is 227 Å². The third-order valence-corrected chi connectivity index (χ3v) is 32.2. The van der Waals surface area contributed by atoms with E-state index >= 15 is 0 Å². The van der Waals surface area contributed by atoms with Crippen molar-refractivity contribution in [2.24, 2.45) is 0 Å². The quantitative estimate of drug-likeness (QED) is 0.158. The first-order valence-electron chi connectivity index (χ1n) is 44.3. The molecule has 596 valence electrons. The maximum absolute atomic E-state index is 2.50. The Bertz CT molecular complexity index is 8990. The Morgan fingerprint density at radius 2 is 0.524 bits per heavy atom. The fourth-order valence-electron chi connectivity index (χ4n) is 23.8. The second kappa shape index (κ2) is 25.6. The van der Waals surface area contributed by atoms with Gasteiger partial charge in [0.1, 0.15) is 0 Å². The van der Waals surface area contributed by atoms with E-state index in [4.69, 9.17) is 0 Å². The normalized spacial score (nSPS) is 14.6. The van der Waals surface area contributed by atoms with Crippen molar-refractivity contribution in [1.82, 2.24) is 18.3 Å². The fraction of sp³-hybridized carbons (Fsp3) is 0.100. The van der Waals surface area contributed by atoms with Crippen LogP contribution in [0.4, 0.5) is 0 Å². The highest BCUT2D eigenvalue weighted by molar-refractivity contribution is 7.26. The zero-order valence-electron chi connectivity index (χ0n) is 71.2. The van der Waals surface area contributed by atoms with Crippen LogP contribution in [0, 0.1) is 0 Å². The summed E-state index contributed by atoms with van der Waals surface area (Å²) in [7, 11) is 0. The number of hydrogen-bond acceptors (Lipinski definition) is 2. The molecule has 4 aliphatic rings. The minimum absolute atomic E-state index is 0.0673. The number of benzene rings is 18. The van der Waals surface area contributed by atoms with Crippen molar-refractivity contribution in [1.29, 1.82) is 0 Å². The van der Waals surface area contributed by atoms with E-state index < -0.39 is 0 Å². The Morgan fingerprint density at radius 3 is 1.02 bits per heavy atom. The number of hydrogen-bond donors (Lipinski definition) is 0. The van der Waals surface area contributed by atoms with Crippen LogP contribution in [0.25, 0.3) is 217 Å². The number of aromatic nitrogens is 4. The lowest BCUT2D eigenvalue weighted by Crippen LogP contribution is -2.15. The molecule has 18 aromatic carbocycles. The van der Waals surface area contributed by atoms with Gasteiger partial charge < -0.3 is 18.3 Å². The molecule has 0 amide bonds. The monoisotopic (exact) mass is 1640 g/mol. The largest absolute Gasteiger partial charge is 0.309 e. The zero-order chi connectivity index (χ0) is 83.9. The highest BCUT2D eigenvalue weighted by atomic mass is 32.1. The fourth-order valence-corrected chi connectivity index (χ4v) is 26.1. The summed E-state index contributed by atoms with van der Waals surface area (Å²) < 4.78 is 15.4. The maximum Gasteiger partial charge on any atom is 0.0547 e. The highest BCUT2D eigenvalue weighted by Crippen LogP contribution is 2.59. The summed E-state index contributed by atoms with van der Waals surface area (Å²) in [6.07, 6.45) is 0. The van der Waals surface area contributed by atoms with E-state index in [0.29, 0.717) is 0 Å². The molecule has 0 N–H and O–H groups in total.